The molecule has 88 valence electrons. The maximum absolute atomic E-state index is 10.1. The largest absolute Gasteiger partial charge is 0.306 e. The van der Waals surface area contributed by atoms with Crippen LogP contribution >= 0.6 is 0 Å². The molecule has 2 N–H and O–H groups in total. The summed E-state index contributed by atoms with van der Waals surface area (Å²) in [6.07, 6.45) is 2.30. The molecule has 0 aliphatic carbocycles. The molecule has 1 aliphatic rings. The smallest absolute Gasteiger partial charge is 0.225 e. The fraction of sp³-hybridized carbons (Fsp3) is 0.750. The van der Waals surface area contributed by atoms with E-state index in [1.165, 1.54) is 0 Å². The summed E-state index contributed by atoms with van der Waals surface area (Å²) >= 11 is 0. The van der Waals surface area contributed by atoms with E-state index < -0.39 is 0 Å². The molecule has 0 aromatic heterocycles. The van der Waals surface area contributed by atoms with Gasteiger partial charge in [-0.2, -0.15) is 0 Å². The molecule has 0 saturated carbocycles. The lowest BCUT2D eigenvalue weighted by Crippen LogP contribution is -2.37. The molecule has 0 bridgehead atoms. The number of likely N-dealkylation sites (tertiary alicyclic amines) is 1. The molecule has 8 heteroatoms. The molecule has 1 saturated heterocycles. The number of hydrazine groups is 1. The van der Waals surface area contributed by atoms with Crippen molar-refractivity contribution in [2.24, 2.45) is 10.1 Å². The zero-order valence-electron chi connectivity index (χ0n) is 9.13. The summed E-state index contributed by atoms with van der Waals surface area (Å²) in [6, 6.07) is 0.137. The molecule has 0 aromatic carbocycles. The molecule has 1 fully saturated rings. The normalized spacial score (nSPS) is 18.7. The van der Waals surface area contributed by atoms with Crippen molar-refractivity contribution in [2.75, 3.05) is 20.1 Å². The monoisotopic (exact) mass is 225 g/mol. The van der Waals surface area contributed by atoms with Crippen LogP contribution in [0.1, 0.15) is 12.8 Å². The van der Waals surface area contributed by atoms with E-state index in [9.17, 15) is 4.79 Å². The predicted octanol–water partition coefficient (Wildman–Crippen LogP) is -0.00250. The van der Waals surface area contributed by atoms with Gasteiger partial charge in [-0.1, -0.05) is 0 Å². The quantitative estimate of drug-likeness (QED) is 0.134. The SMILES string of the molecule is CN1CCC(N=C(N=[N+]=[N-])NNC=O)CC1. The Morgan fingerprint density at radius 3 is 2.81 bits per heavy atom. The number of nitrogens with one attached hydrogen (secondary N) is 2. The average molecular weight is 225 g/mol. The van der Waals surface area contributed by atoms with Gasteiger partial charge < -0.3 is 4.90 Å². The fourth-order valence-electron chi connectivity index (χ4n) is 1.52. The molecule has 1 aliphatic heterocycles. The van der Waals surface area contributed by atoms with Gasteiger partial charge >= 0.3 is 0 Å². The van der Waals surface area contributed by atoms with Gasteiger partial charge in [-0.15, -0.1) is 0 Å². The van der Waals surface area contributed by atoms with Crippen molar-refractivity contribution in [1.29, 1.82) is 0 Å². The first-order chi connectivity index (χ1) is 7.76. The van der Waals surface area contributed by atoms with Gasteiger partial charge in [0, 0.05) is 4.91 Å². The van der Waals surface area contributed by atoms with Gasteiger partial charge in [0.15, 0.2) is 0 Å². The Kier molecular flexibility index (Phi) is 5.10. The number of carbonyl (C=O) groups is 1. The van der Waals surface area contributed by atoms with Gasteiger partial charge in [-0.05, 0) is 43.6 Å². The molecule has 16 heavy (non-hydrogen) atoms. The van der Waals surface area contributed by atoms with E-state index in [1.54, 1.807) is 0 Å². The van der Waals surface area contributed by atoms with Crippen molar-refractivity contribution in [3.8, 4) is 0 Å². The molecule has 8 nitrogen and oxygen atoms in total. The molecule has 0 atom stereocenters. The van der Waals surface area contributed by atoms with Gasteiger partial charge in [0.25, 0.3) is 0 Å². The van der Waals surface area contributed by atoms with Crippen LogP contribution in [0.3, 0.4) is 0 Å². The Morgan fingerprint density at radius 2 is 2.25 bits per heavy atom. The van der Waals surface area contributed by atoms with Crippen LogP contribution < -0.4 is 10.9 Å². The van der Waals surface area contributed by atoms with Crippen LogP contribution in [-0.2, 0) is 4.79 Å². The second-order valence-corrected chi connectivity index (χ2v) is 3.56. The average Bonchev–Trinajstić information content (AvgIpc) is 2.29. The van der Waals surface area contributed by atoms with Crippen LogP contribution in [0.5, 0.6) is 0 Å². The van der Waals surface area contributed by atoms with Gasteiger partial charge in [0.05, 0.1) is 6.04 Å². The predicted molar refractivity (Wildman–Crippen MR) is 59.4 cm³/mol. The second-order valence-electron chi connectivity index (χ2n) is 3.56. The number of guanidine groups is 1. The third kappa shape index (κ3) is 4.16. The Hall–Kier alpha value is -1.79. The number of hydrogen-bond acceptors (Lipinski definition) is 3. The summed E-state index contributed by atoms with van der Waals surface area (Å²) in [7, 11) is 2.06. The lowest BCUT2D eigenvalue weighted by molar-refractivity contribution is -0.110. The van der Waals surface area contributed by atoms with E-state index in [-0.39, 0.29) is 12.0 Å². The lowest BCUT2D eigenvalue weighted by Gasteiger charge is -2.26. The van der Waals surface area contributed by atoms with Gasteiger partial charge in [-0.25, -0.2) is 0 Å². The fourth-order valence-corrected chi connectivity index (χ4v) is 1.52. The van der Waals surface area contributed by atoms with E-state index in [0.29, 0.717) is 6.41 Å². The summed E-state index contributed by atoms with van der Waals surface area (Å²) in [6.45, 7) is 1.94. The molecule has 0 radical (unpaired) electrons. The second kappa shape index (κ2) is 6.65. The first-order valence-electron chi connectivity index (χ1n) is 5.03. The minimum Gasteiger partial charge on any atom is -0.306 e. The number of piperidine rings is 1. The molecular weight excluding hydrogens is 210 g/mol. The third-order valence-corrected chi connectivity index (χ3v) is 2.38. The zero-order chi connectivity index (χ0) is 11.8. The van der Waals surface area contributed by atoms with E-state index >= 15 is 0 Å². The number of rotatable bonds is 3. The number of nitrogens with zero attached hydrogens (tertiary/aromatic N) is 5. The van der Waals surface area contributed by atoms with E-state index in [2.05, 4.69) is 37.8 Å². The lowest BCUT2D eigenvalue weighted by atomic mass is 10.1. The van der Waals surface area contributed by atoms with Crippen molar-refractivity contribution in [2.45, 2.75) is 18.9 Å². The standard InChI is InChI=1S/C8H15N7O/c1-15-4-2-7(3-5-15)11-8(13-14-9)12-10-6-16/h6-7H,2-5H2,1H3,(H,10,16)(H,11,12). The van der Waals surface area contributed by atoms with Gasteiger partial charge in [-0.3, -0.25) is 20.6 Å². The Labute approximate surface area is 93.3 Å². The van der Waals surface area contributed by atoms with Crippen LogP contribution in [0, 0.1) is 0 Å². The minimum atomic E-state index is 0.101. The molecular formula is C8H15N7O. The highest BCUT2D eigenvalue weighted by molar-refractivity contribution is 5.81. The highest BCUT2D eigenvalue weighted by Crippen LogP contribution is 2.11. The number of azide groups is 1. The van der Waals surface area contributed by atoms with Crippen molar-refractivity contribution >= 4 is 12.4 Å². The molecule has 0 unspecified atom stereocenters. The zero-order valence-corrected chi connectivity index (χ0v) is 9.13. The highest BCUT2D eigenvalue weighted by atomic mass is 16.1. The molecule has 0 aromatic rings. The van der Waals surface area contributed by atoms with Crippen molar-refractivity contribution in [3.05, 3.63) is 10.4 Å². The number of amides is 1. The van der Waals surface area contributed by atoms with Crippen LogP contribution in [0.15, 0.2) is 10.1 Å². The molecule has 1 amide bonds. The topological polar surface area (TPSA) is 105 Å². The highest BCUT2D eigenvalue weighted by Gasteiger charge is 2.15. The summed E-state index contributed by atoms with van der Waals surface area (Å²) < 4.78 is 0. The van der Waals surface area contributed by atoms with E-state index in [0.717, 1.165) is 25.9 Å². The Morgan fingerprint density at radius 1 is 1.56 bits per heavy atom. The summed E-state index contributed by atoms with van der Waals surface area (Å²) in [5, 5.41) is 3.36. The van der Waals surface area contributed by atoms with E-state index in [1.807, 2.05) is 0 Å². The molecule has 1 heterocycles. The summed E-state index contributed by atoms with van der Waals surface area (Å²) in [5.41, 5.74) is 12.9. The Bertz CT molecular complexity index is 302. The van der Waals surface area contributed by atoms with Crippen molar-refractivity contribution in [3.63, 3.8) is 0 Å². The number of hydrogen-bond donors (Lipinski definition) is 2. The van der Waals surface area contributed by atoms with Gasteiger partial charge in [0.1, 0.15) is 0 Å². The van der Waals surface area contributed by atoms with Crippen LogP contribution in [-0.4, -0.2) is 43.4 Å². The minimum absolute atomic E-state index is 0.101. The Balaban J connectivity index is 2.54. The summed E-state index contributed by atoms with van der Waals surface area (Å²) in [5.74, 6) is 0.101. The van der Waals surface area contributed by atoms with E-state index in [4.69, 9.17) is 5.53 Å². The molecule has 1 rings (SSSR count). The third-order valence-electron chi connectivity index (χ3n) is 2.38. The van der Waals surface area contributed by atoms with Crippen LogP contribution in [0.4, 0.5) is 0 Å². The molecule has 0 spiro atoms. The first-order valence-corrected chi connectivity index (χ1v) is 5.03. The first kappa shape index (κ1) is 12.3. The number of aliphatic imine (C=N–C) groups is 1. The van der Waals surface area contributed by atoms with Crippen LogP contribution in [0.2, 0.25) is 0 Å². The maximum atomic E-state index is 10.1. The van der Waals surface area contributed by atoms with Crippen molar-refractivity contribution < 1.29 is 4.79 Å². The summed E-state index contributed by atoms with van der Waals surface area (Å²) in [4.78, 5) is 19.2. The van der Waals surface area contributed by atoms with Crippen LogP contribution in [0.25, 0.3) is 10.4 Å². The maximum Gasteiger partial charge on any atom is 0.225 e. The van der Waals surface area contributed by atoms with Gasteiger partial charge in [0.2, 0.25) is 12.4 Å². The number of carbonyl (C=O) groups excluding carboxylic acids is 1. The van der Waals surface area contributed by atoms with Crippen molar-refractivity contribution in [1.82, 2.24) is 15.8 Å².